The van der Waals surface area contributed by atoms with Crippen molar-refractivity contribution in [3.63, 3.8) is 0 Å². The summed E-state index contributed by atoms with van der Waals surface area (Å²) >= 11 is 0. The quantitative estimate of drug-likeness (QED) is 0.755. The number of aromatic nitrogens is 1. The number of aliphatic hydroxyl groups is 1. The molecule has 0 saturated carbocycles. The van der Waals surface area contributed by atoms with Gasteiger partial charge in [0.2, 0.25) is 0 Å². The zero-order valence-electron chi connectivity index (χ0n) is 11.1. The Hall–Kier alpha value is -2.53. The number of rotatable bonds is 2. The molecule has 106 valence electrons. The summed E-state index contributed by atoms with van der Waals surface area (Å²) in [6, 6.07) is 10.9. The predicted molar refractivity (Wildman–Crippen MR) is 76.5 cm³/mol. The predicted octanol–water partition coefficient (Wildman–Crippen LogP) is 2.14. The molecule has 1 aliphatic rings. The molecular formula is C16H13NO4. The molecule has 0 aliphatic carbocycles. The summed E-state index contributed by atoms with van der Waals surface area (Å²) in [4.78, 5) is 13.7. The highest BCUT2D eigenvalue weighted by Crippen LogP contribution is 2.31. The van der Waals surface area contributed by atoms with Crippen LogP contribution in [-0.2, 0) is 6.42 Å². The Bertz CT molecular complexity index is 877. The fourth-order valence-corrected chi connectivity index (χ4v) is 2.70. The lowest BCUT2D eigenvalue weighted by molar-refractivity contribution is 0.220. The van der Waals surface area contributed by atoms with Gasteiger partial charge in [-0.3, -0.25) is 4.98 Å². The van der Waals surface area contributed by atoms with Gasteiger partial charge >= 0.3 is 5.76 Å². The van der Waals surface area contributed by atoms with E-state index < -0.39 is 11.9 Å². The average molecular weight is 283 g/mol. The molecule has 21 heavy (non-hydrogen) atoms. The zero-order chi connectivity index (χ0) is 14.4. The number of hydrogen-bond donors (Lipinski definition) is 2. The van der Waals surface area contributed by atoms with E-state index in [4.69, 9.17) is 9.15 Å². The first-order valence-corrected chi connectivity index (χ1v) is 6.77. The van der Waals surface area contributed by atoms with E-state index in [9.17, 15) is 9.90 Å². The lowest BCUT2D eigenvalue weighted by Gasteiger charge is -2.12. The van der Waals surface area contributed by atoms with Gasteiger partial charge in [0.05, 0.1) is 12.1 Å². The van der Waals surface area contributed by atoms with Crippen molar-refractivity contribution < 1.29 is 14.3 Å². The number of benzene rings is 2. The molecule has 2 aromatic carbocycles. The summed E-state index contributed by atoms with van der Waals surface area (Å²) in [5, 5.41) is 10.5. The minimum Gasteiger partial charge on any atom is -0.493 e. The highest BCUT2D eigenvalue weighted by Gasteiger charge is 2.17. The van der Waals surface area contributed by atoms with E-state index in [2.05, 4.69) is 4.98 Å². The maximum atomic E-state index is 11.2. The Balaban J connectivity index is 1.75. The number of ether oxygens (including phenoxy) is 1. The summed E-state index contributed by atoms with van der Waals surface area (Å²) in [6.45, 7) is 0.690. The van der Waals surface area contributed by atoms with Gasteiger partial charge in [0.1, 0.15) is 11.9 Å². The Labute approximate surface area is 119 Å². The highest BCUT2D eigenvalue weighted by molar-refractivity contribution is 5.73. The lowest BCUT2D eigenvalue weighted by atomic mass is 9.99. The average Bonchev–Trinajstić information content (AvgIpc) is 3.09. The van der Waals surface area contributed by atoms with Crippen molar-refractivity contribution in [1.82, 2.24) is 4.98 Å². The van der Waals surface area contributed by atoms with Crippen LogP contribution in [0.25, 0.3) is 11.1 Å². The first-order valence-electron chi connectivity index (χ1n) is 6.77. The standard InChI is InChI=1S/C16H13NO4/c18-15(10-2-4-13-9(7-10)5-6-20-13)11-1-3-12-14(8-11)21-16(19)17-12/h1-4,7-8,15,18H,5-6H2,(H,17,19). The van der Waals surface area contributed by atoms with Crippen LogP contribution in [0, 0.1) is 0 Å². The van der Waals surface area contributed by atoms with Crippen molar-refractivity contribution in [2.45, 2.75) is 12.5 Å². The van der Waals surface area contributed by atoms with Crippen LogP contribution < -0.4 is 10.5 Å². The number of oxazole rings is 1. The van der Waals surface area contributed by atoms with Gasteiger partial charge in [-0.2, -0.15) is 0 Å². The molecule has 5 heteroatoms. The first kappa shape index (κ1) is 12.2. The molecule has 1 aliphatic heterocycles. The van der Waals surface area contributed by atoms with E-state index in [-0.39, 0.29) is 0 Å². The summed E-state index contributed by atoms with van der Waals surface area (Å²) in [5.41, 5.74) is 3.67. The van der Waals surface area contributed by atoms with Gasteiger partial charge in [-0.25, -0.2) is 4.79 Å². The van der Waals surface area contributed by atoms with Gasteiger partial charge in [0, 0.05) is 6.42 Å². The fraction of sp³-hybridized carbons (Fsp3) is 0.188. The third kappa shape index (κ3) is 2.02. The minimum absolute atomic E-state index is 0.445. The number of aromatic amines is 1. The van der Waals surface area contributed by atoms with E-state index in [1.165, 1.54) is 0 Å². The normalized spacial score (nSPS) is 14.9. The molecule has 2 N–H and O–H groups in total. The maximum absolute atomic E-state index is 11.2. The van der Waals surface area contributed by atoms with Crippen LogP contribution in [0.4, 0.5) is 0 Å². The molecule has 4 rings (SSSR count). The van der Waals surface area contributed by atoms with Crippen molar-refractivity contribution in [3.8, 4) is 5.75 Å². The van der Waals surface area contributed by atoms with Crippen molar-refractivity contribution >= 4 is 11.1 Å². The summed E-state index contributed by atoms with van der Waals surface area (Å²) in [5.74, 6) is 0.393. The largest absolute Gasteiger partial charge is 0.493 e. The van der Waals surface area contributed by atoms with Gasteiger partial charge in [0.25, 0.3) is 0 Å². The Kier molecular flexibility index (Phi) is 2.62. The van der Waals surface area contributed by atoms with Crippen LogP contribution in [0.15, 0.2) is 45.6 Å². The van der Waals surface area contributed by atoms with E-state index in [0.717, 1.165) is 23.3 Å². The molecule has 0 amide bonds. The van der Waals surface area contributed by atoms with E-state index >= 15 is 0 Å². The summed E-state index contributed by atoms with van der Waals surface area (Å²) in [6.07, 6.45) is 0.0993. The van der Waals surface area contributed by atoms with Crippen molar-refractivity contribution in [3.05, 3.63) is 63.6 Å². The molecule has 0 spiro atoms. The van der Waals surface area contributed by atoms with E-state index in [1.54, 1.807) is 18.2 Å². The van der Waals surface area contributed by atoms with Crippen molar-refractivity contribution in [1.29, 1.82) is 0 Å². The minimum atomic E-state index is -0.763. The molecule has 0 fully saturated rings. The lowest BCUT2D eigenvalue weighted by Crippen LogP contribution is -2.00. The molecule has 0 saturated heterocycles. The molecule has 3 aromatic rings. The van der Waals surface area contributed by atoms with Crippen molar-refractivity contribution in [2.24, 2.45) is 0 Å². The number of hydrogen-bond acceptors (Lipinski definition) is 4. The molecule has 0 bridgehead atoms. The number of nitrogens with one attached hydrogen (secondary N) is 1. The number of aliphatic hydroxyl groups excluding tert-OH is 1. The van der Waals surface area contributed by atoms with Crippen LogP contribution in [-0.4, -0.2) is 16.7 Å². The third-order valence-corrected chi connectivity index (χ3v) is 3.79. The van der Waals surface area contributed by atoms with Gasteiger partial charge in [0.15, 0.2) is 5.58 Å². The van der Waals surface area contributed by atoms with Crippen LogP contribution in [0.5, 0.6) is 5.75 Å². The Morgan fingerprint density at radius 1 is 1.14 bits per heavy atom. The van der Waals surface area contributed by atoms with E-state index in [1.807, 2.05) is 18.2 Å². The van der Waals surface area contributed by atoms with E-state index in [0.29, 0.717) is 23.3 Å². The SMILES string of the molecule is O=c1[nH]c2ccc(C(O)c3ccc4c(c3)CCO4)cc2o1. The number of H-pyrrole nitrogens is 1. The maximum Gasteiger partial charge on any atom is 0.417 e. The first-order chi connectivity index (χ1) is 10.2. The molecule has 1 unspecified atom stereocenters. The molecular weight excluding hydrogens is 270 g/mol. The van der Waals surface area contributed by atoms with Gasteiger partial charge in [-0.05, 0) is 41.0 Å². The van der Waals surface area contributed by atoms with Crippen molar-refractivity contribution in [2.75, 3.05) is 6.61 Å². The Morgan fingerprint density at radius 3 is 2.86 bits per heavy atom. The smallest absolute Gasteiger partial charge is 0.417 e. The highest BCUT2D eigenvalue weighted by atomic mass is 16.5. The number of fused-ring (bicyclic) bond motifs is 2. The molecule has 1 atom stereocenters. The molecule has 2 heterocycles. The molecule has 1 aromatic heterocycles. The van der Waals surface area contributed by atoms with Gasteiger partial charge in [-0.15, -0.1) is 0 Å². The fourth-order valence-electron chi connectivity index (χ4n) is 2.70. The summed E-state index contributed by atoms with van der Waals surface area (Å²) < 4.78 is 10.5. The zero-order valence-corrected chi connectivity index (χ0v) is 11.1. The summed E-state index contributed by atoms with van der Waals surface area (Å²) in [7, 11) is 0. The van der Waals surface area contributed by atoms with Gasteiger partial charge < -0.3 is 14.3 Å². The van der Waals surface area contributed by atoms with Crippen LogP contribution >= 0.6 is 0 Å². The molecule has 5 nitrogen and oxygen atoms in total. The monoisotopic (exact) mass is 283 g/mol. The van der Waals surface area contributed by atoms with Gasteiger partial charge in [-0.1, -0.05) is 12.1 Å². The second kappa shape index (κ2) is 4.49. The molecule has 0 radical (unpaired) electrons. The second-order valence-electron chi connectivity index (χ2n) is 5.14. The van der Waals surface area contributed by atoms with Crippen LogP contribution in [0.3, 0.4) is 0 Å². The third-order valence-electron chi connectivity index (χ3n) is 3.79. The Morgan fingerprint density at radius 2 is 1.95 bits per heavy atom. The second-order valence-corrected chi connectivity index (χ2v) is 5.14. The van der Waals surface area contributed by atoms with Crippen LogP contribution in [0.2, 0.25) is 0 Å². The topological polar surface area (TPSA) is 75.5 Å². The van der Waals surface area contributed by atoms with Crippen LogP contribution in [0.1, 0.15) is 22.8 Å².